The van der Waals surface area contributed by atoms with E-state index >= 15 is 0 Å². The lowest BCUT2D eigenvalue weighted by atomic mass is 10.2. The summed E-state index contributed by atoms with van der Waals surface area (Å²) in [6.07, 6.45) is 12.1. The molecule has 3 aromatic heterocycles. The molecule has 3 aromatic rings. The first-order valence-electron chi connectivity index (χ1n) is 9.27. The van der Waals surface area contributed by atoms with Crippen LogP contribution in [0.5, 0.6) is 11.6 Å². The number of hydrogen-bond acceptors (Lipinski definition) is 6. The SMILES string of the molecule is COc1ccc([C@H]2C[C@@H]2COc2nc(C)ncc2C=Cc2cccnc2)nc1. The summed E-state index contributed by atoms with van der Waals surface area (Å²) in [4.78, 5) is 17.4. The maximum absolute atomic E-state index is 6.06. The molecule has 28 heavy (non-hydrogen) atoms. The van der Waals surface area contributed by atoms with Crippen molar-refractivity contribution >= 4 is 12.2 Å². The minimum Gasteiger partial charge on any atom is -0.495 e. The van der Waals surface area contributed by atoms with Crippen molar-refractivity contribution in [3.8, 4) is 11.6 Å². The number of rotatable bonds is 7. The van der Waals surface area contributed by atoms with Crippen molar-refractivity contribution in [2.45, 2.75) is 19.3 Å². The average Bonchev–Trinajstić information content (AvgIpc) is 3.52. The van der Waals surface area contributed by atoms with Crippen LogP contribution in [0.3, 0.4) is 0 Å². The van der Waals surface area contributed by atoms with Crippen molar-refractivity contribution in [3.05, 3.63) is 71.7 Å². The Morgan fingerprint density at radius 1 is 1.11 bits per heavy atom. The molecule has 0 bridgehead atoms. The van der Waals surface area contributed by atoms with Crippen molar-refractivity contribution in [2.75, 3.05) is 13.7 Å². The van der Waals surface area contributed by atoms with Gasteiger partial charge < -0.3 is 9.47 Å². The summed E-state index contributed by atoms with van der Waals surface area (Å²) < 4.78 is 11.2. The van der Waals surface area contributed by atoms with Crippen molar-refractivity contribution < 1.29 is 9.47 Å². The van der Waals surface area contributed by atoms with E-state index in [2.05, 4.69) is 19.9 Å². The van der Waals surface area contributed by atoms with Crippen molar-refractivity contribution in [1.82, 2.24) is 19.9 Å². The molecule has 4 rings (SSSR count). The van der Waals surface area contributed by atoms with Crippen molar-refractivity contribution in [2.24, 2.45) is 5.92 Å². The first-order chi connectivity index (χ1) is 13.7. The van der Waals surface area contributed by atoms with Crippen LogP contribution in [0.1, 0.15) is 35.0 Å². The molecule has 1 saturated carbocycles. The molecule has 6 heteroatoms. The third-order valence-corrected chi connectivity index (χ3v) is 4.77. The van der Waals surface area contributed by atoms with Gasteiger partial charge in [0.25, 0.3) is 0 Å². The maximum Gasteiger partial charge on any atom is 0.224 e. The highest BCUT2D eigenvalue weighted by Crippen LogP contribution is 2.47. The number of nitrogens with zero attached hydrogens (tertiary/aromatic N) is 4. The second-order valence-electron chi connectivity index (χ2n) is 6.83. The van der Waals surface area contributed by atoms with E-state index < -0.39 is 0 Å². The van der Waals surface area contributed by atoms with Gasteiger partial charge in [-0.05, 0) is 43.2 Å². The van der Waals surface area contributed by atoms with Gasteiger partial charge in [-0.1, -0.05) is 12.1 Å². The quantitative estimate of drug-likeness (QED) is 0.624. The van der Waals surface area contributed by atoms with Gasteiger partial charge in [-0.25, -0.2) is 4.98 Å². The Bertz CT molecular complexity index is 958. The van der Waals surface area contributed by atoms with Crippen molar-refractivity contribution in [1.29, 1.82) is 0 Å². The topological polar surface area (TPSA) is 70.0 Å². The van der Waals surface area contributed by atoms with Gasteiger partial charge in [-0.2, -0.15) is 4.98 Å². The highest BCUT2D eigenvalue weighted by molar-refractivity contribution is 5.70. The second-order valence-corrected chi connectivity index (χ2v) is 6.83. The van der Waals surface area contributed by atoms with Crippen LogP contribution in [0.25, 0.3) is 12.2 Å². The molecule has 6 nitrogen and oxygen atoms in total. The van der Waals surface area contributed by atoms with E-state index in [-0.39, 0.29) is 0 Å². The van der Waals surface area contributed by atoms with Gasteiger partial charge in [-0.3, -0.25) is 9.97 Å². The summed E-state index contributed by atoms with van der Waals surface area (Å²) in [6, 6.07) is 7.88. The fourth-order valence-electron chi connectivity index (χ4n) is 3.06. The number of ether oxygens (including phenoxy) is 2. The maximum atomic E-state index is 6.06. The monoisotopic (exact) mass is 374 g/mol. The minimum absolute atomic E-state index is 0.434. The smallest absolute Gasteiger partial charge is 0.224 e. The number of hydrogen-bond donors (Lipinski definition) is 0. The van der Waals surface area contributed by atoms with Crippen LogP contribution >= 0.6 is 0 Å². The first-order valence-corrected chi connectivity index (χ1v) is 9.27. The zero-order valence-corrected chi connectivity index (χ0v) is 15.9. The molecule has 0 unspecified atom stereocenters. The van der Waals surface area contributed by atoms with Gasteiger partial charge in [0.1, 0.15) is 11.6 Å². The fraction of sp³-hybridized carbons (Fsp3) is 0.273. The third-order valence-electron chi connectivity index (χ3n) is 4.77. The van der Waals surface area contributed by atoms with Crippen LogP contribution in [0.15, 0.2) is 49.1 Å². The molecule has 0 aromatic carbocycles. The summed E-state index contributed by atoms with van der Waals surface area (Å²) in [5.41, 5.74) is 2.96. The molecule has 0 spiro atoms. The van der Waals surface area contributed by atoms with E-state index in [9.17, 15) is 0 Å². The first kappa shape index (κ1) is 18.1. The molecule has 0 amide bonds. The average molecular weight is 374 g/mol. The van der Waals surface area contributed by atoms with Crippen LogP contribution in [-0.2, 0) is 0 Å². The summed E-state index contributed by atoms with van der Waals surface area (Å²) in [5.74, 6) is 2.96. The number of methoxy groups -OCH3 is 1. The molecule has 0 saturated heterocycles. The van der Waals surface area contributed by atoms with Gasteiger partial charge in [0, 0.05) is 36.1 Å². The van der Waals surface area contributed by atoms with Crippen LogP contribution in [0.4, 0.5) is 0 Å². The molecular formula is C22H22N4O2. The molecule has 0 N–H and O–H groups in total. The zero-order chi connectivity index (χ0) is 19.3. The normalized spacial score (nSPS) is 18.2. The van der Waals surface area contributed by atoms with Gasteiger partial charge in [0.05, 0.1) is 25.5 Å². The Morgan fingerprint density at radius 2 is 2.04 bits per heavy atom. The molecule has 2 atom stereocenters. The van der Waals surface area contributed by atoms with E-state index in [4.69, 9.17) is 9.47 Å². The van der Waals surface area contributed by atoms with Crippen LogP contribution in [0.2, 0.25) is 0 Å². The van der Waals surface area contributed by atoms with Gasteiger partial charge in [0.15, 0.2) is 0 Å². The Labute approximate surface area is 164 Å². The number of pyridine rings is 2. The largest absolute Gasteiger partial charge is 0.495 e. The summed E-state index contributed by atoms with van der Waals surface area (Å²) in [5, 5.41) is 0. The lowest BCUT2D eigenvalue weighted by Crippen LogP contribution is -2.05. The minimum atomic E-state index is 0.434. The van der Waals surface area contributed by atoms with E-state index in [1.165, 1.54) is 0 Å². The molecular weight excluding hydrogens is 352 g/mol. The zero-order valence-electron chi connectivity index (χ0n) is 15.9. The predicted octanol–water partition coefficient (Wildman–Crippen LogP) is 3.94. The van der Waals surface area contributed by atoms with Crippen LogP contribution in [-0.4, -0.2) is 33.7 Å². The van der Waals surface area contributed by atoms with Crippen molar-refractivity contribution in [3.63, 3.8) is 0 Å². The highest BCUT2D eigenvalue weighted by atomic mass is 16.5. The second kappa shape index (κ2) is 8.17. The van der Waals surface area contributed by atoms with E-state index in [0.29, 0.717) is 30.1 Å². The fourth-order valence-corrected chi connectivity index (χ4v) is 3.06. The third kappa shape index (κ3) is 4.34. The van der Waals surface area contributed by atoms with Crippen LogP contribution in [0, 0.1) is 12.8 Å². The molecule has 1 fully saturated rings. The Hall–Kier alpha value is -3.28. The van der Waals surface area contributed by atoms with Crippen LogP contribution < -0.4 is 9.47 Å². The van der Waals surface area contributed by atoms with E-state index in [1.54, 1.807) is 25.7 Å². The molecule has 3 heterocycles. The van der Waals surface area contributed by atoms with Gasteiger partial charge in [0.2, 0.25) is 5.88 Å². The van der Waals surface area contributed by atoms with Gasteiger partial charge >= 0.3 is 0 Å². The lowest BCUT2D eigenvalue weighted by molar-refractivity contribution is 0.283. The predicted molar refractivity (Wildman–Crippen MR) is 107 cm³/mol. The lowest BCUT2D eigenvalue weighted by Gasteiger charge is -2.09. The highest BCUT2D eigenvalue weighted by Gasteiger charge is 2.40. The number of aryl methyl sites for hydroxylation is 1. The molecule has 1 aliphatic carbocycles. The standard InChI is InChI=1S/C22H22N4O2/c1-15-24-12-17(6-5-16-4-3-9-23-11-16)22(26-15)28-14-18-10-20(18)21-8-7-19(27-2)13-25-21/h3-9,11-13,18,20H,10,14H2,1-2H3/t18-,20+/m1/s1. The Kier molecular flexibility index (Phi) is 5.28. The Balaban J connectivity index is 1.41. The number of aromatic nitrogens is 4. The molecule has 142 valence electrons. The molecule has 0 radical (unpaired) electrons. The van der Waals surface area contributed by atoms with E-state index in [1.807, 2.05) is 49.5 Å². The molecule has 1 aliphatic rings. The molecule has 0 aliphatic heterocycles. The summed E-state index contributed by atoms with van der Waals surface area (Å²) in [6.45, 7) is 2.48. The Morgan fingerprint density at radius 3 is 2.79 bits per heavy atom. The van der Waals surface area contributed by atoms with Gasteiger partial charge in [-0.15, -0.1) is 0 Å². The summed E-state index contributed by atoms with van der Waals surface area (Å²) >= 11 is 0. The van der Waals surface area contributed by atoms with E-state index in [0.717, 1.165) is 29.0 Å². The summed E-state index contributed by atoms with van der Waals surface area (Å²) in [7, 11) is 1.65.